The zero-order valence-corrected chi connectivity index (χ0v) is 9.98. The molecule has 14 heavy (non-hydrogen) atoms. The van der Waals surface area contributed by atoms with Crippen LogP contribution >= 0.6 is 0 Å². The first kappa shape index (κ1) is 14.1. The molecule has 0 aliphatic heterocycles. The quantitative estimate of drug-likeness (QED) is 0.485. The van der Waals surface area contributed by atoms with Crippen molar-refractivity contribution in [1.82, 2.24) is 0 Å². The molecule has 0 N–H and O–H groups in total. The maximum atomic E-state index is 12.6. The van der Waals surface area contributed by atoms with E-state index >= 15 is 0 Å². The van der Waals surface area contributed by atoms with E-state index in [0.29, 0.717) is 12.1 Å². The van der Waals surface area contributed by atoms with Gasteiger partial charge < -0.3 is 4.55 Å². The fourth-order valence-electron chi connectivity index (χ4n) is 0.793. The topological polar surface area (TPSA) is 40.1 Å². The minimum Gasteiger partial charge on any atom is -0.768 e. The largest absolute Gasteiger partial charge is 1.00 e. The van der Waals surface area contributed by atoms with E-state index in [0.717, 1.165) is 6.07 Å². The molecule has 0 fully saturated rings. The number of rotatable bonds is 2. The SMILES string of the molecule is O=S([O-])c1ccc(F)c(C(F)F)c1.[Na+]. The van der Waals surface area contributed by atoms with Crippen LogP contribution in [0.2, 0.25) is 0 Å². The van der Waals surface area contributed by atoms with Gasteiger partial charge in [-0.1, -0.05) is 0 Å². The number of benzene rings is 1. The van der Waals surface area contributed by atoms with E-state index in [9.17, 15) is 21.9 Å². The standard InChI is InChI=1S/C7H5F3O2S.Na/c8-6-2-1-4(13(11)12)3-5(6)7(9)10;/h1-3,7H,(H,11,12);/q;+1/p-1. The zero-order chi connectivity index (χ0) is 10.0. The van der Waals surface area contributed by atoms with Crippen LogP contribution in [0.15, 0.2) is 23.1 Å². The minimum atomic E-state index is -3.01. The fourth-order valence-corrected chi connectivity index (χ4v) is 1.20. The molecule has 0 bridgehead atoms. The van der Waals surface area contributed by atoms with E-state index in [1.807, 2.05) is 0 Å². The van der Waals surface area contributed by atoms with Crippen molar-refractivity contribution < 1.29 is 51.5 Å². The Hall–Kier alpha value is 0.120. The van der Waals surface area contributed by atoms with Crippen molar-refractivity contribution in [2.24, 2.45) is 0 Å². The summed E-state index contributed by atoms with van der Waals surface area (Å²) in [7, 11) is 0. The van der Waals surface area contributed by atoms with Crippen LogP contribution in [0.5, 0.6) is 0 Å². The molecule has 0 spiro atoms. The van der Waals surface area contributed by atoms with Gasteiger partial charge in [-0.25, -0.2) is 13.2 Å². The second-order valence-corrected chi connectivity index (χ2v) is 3.16. The molecule has 0 heterocycles. The average Bonchev–Trinajstić information content (AvgIpc) is 2.04. The maximum absolute atomic E-state index is 12.6. The molecule has 1 unspecified atom stereocenters. The van der Waals surface area contributed by atoms with Crippen LogP contribution in [0, 0.1) is 5.82 Å². The second-order valence-electron chi connectivity index (χ2n) is 2.22. The molecule has 0 aliphatic rings. The van der Waals surface area contributed by atoms with Gasteiger partial charge in [-0.3, -0.25) is 4.21 Å². The van der Waals surface area contributed by atoms with Gasteiger partial charge in [-0.05, 0) is 29.3 Å². The van der Waals surface area contributed by atoms with E-state index in [1.54, 1.807) is 0 Å². The van der Waals surface area contributed by atoms with E-state index in [2.05, 4.69) is 0 Å². The van der Waals surface area contributed by atoms with Crippen molar-refractivity contribution in [3.8, 4) is 0 Å². The molecule has 1 aromatic rings. The number of hydrogen-bond donors (Lipinski definition) is 0. The van der Waals surface area contributed by atoms with Gasteiger partial charge in [0.15, 0.2) is 0 Å². The van der Waals surface area contributed by atoms with Crippen LogP contribution in [0.1, 0.15) is 12.0 Å². The zero-order valence-electron chi connectivity index (χ0n) is 7.17. The third kappa shape index (κ3) is 3.36. The van der Waals surface area contributed by atoms with Crippen LogP contribution in [0.3, 0.4) is 0 Å². The summed E-state index contributed by atoms with van der Waals surface area (Å²) in [5.74, 6) is -1.11. The Morgan fingerprint density at radius 2 is 1.93 bits per heavy atom. The molecule has 0 radical (unpaired) electrons. The van der Waals surface area contributed by atoms with Gasteiger partial charge in [0.25, 0.3) is 6.43 Å². The summed E-state index contributed by atoms with van der Waals surface area (Å²) in [5, 5.41) is 0. The molecule has 1 rings (SSSR count). The molecule has 0 aromatic heterocycles. The smallest absolute Gasteiger partial charge is 0.768 e. The molecular weight excluding hydrogens is 228 g/mol. The Kier molecular flexibility index (Phi) is 5.92. The first-order valence-electron chi connectivity index (χ1n) is 3.19. The average molecular weight is 232 g/mol. The van der Waals surface area contributed by atoms with Gasteiger partial charge in [-0.2, -0.15) is 0 Å². The van der Waals surface area contributed by atoms with E-state index in [-0.39, 0.29) is 34.5 Å². The summed E-state index contributed by atoms with van der Waals surface area (Å²) in [6.45, 7) is 0. The van der Waals surface area contributed by atoms with E-state index in [1.165, 1.54) is 0 Å². The van der Waals surface area contributed by atoms with Gasteiger partial charge in [0, 0.05) is 4.90 Å². The van der Waals surface area contributed by atoms with Gasteiger partial charge in [0.1, 0.15) is 5.82 Å². The number of alkyl halides is 2. The molecule has 0 saturated heterocycles. The molecule has 1 atom stereocenters. The van der Waals surface area contributed by atoms with Crippen molar-refractivity contribution in [1.29, 1.82) is 0 Å². The van der Waals surface area contributed by atoms with Gasteiger partial charge in [0.2, 0.25) is 0 Å². The van der Waals surface area contributed by atoms with Crippen LogP contribution in [0.25, 0.3) is 0 Å². The minimum absolute atomic E-state index is 0. The van der Waals surface area contributed by atoms with Crippen molar-refractivity contribution in [3.63, 3.8) is 0 Å². The summed E-state index contributed by atoms with van der Waals surface area (Å²) >= 11 is -2.61. The Labute approximate surface area is 103 Å². The Morgan fingerprint density at radius 3 is 2.36 bits per heavy atom. The van der Waals surface area contributed by atoms with Crippen molar-refractivity contribution in [3.05, 3.63) is 29.6 Å². The maximum Gasteiger partial charge on any atom is 1.00 e. The van der Waals surface area contributed by atoms with E-state index in [4.69, 9.17) is 0 Å². The first-order valence-corrected chi connectivity index (χ1v) is 4.26. The van der Waals surface area contributed by atoms with Crippen molar-refractivity contribution in [2.75, 3.05) is 0 Å². The Bertz CT molecular complexity index is 346. The predicted octanol–water partition coefficient (Wildman–Crippen LogP) is -0.995. The van der Waals surface area contributed by atoms with Crippen LogP contribution < -0.4 is 29.6 Å². The van der Waals surface area contributed by atoms with Gasteiger partial charge >= 0.3 is 29.6 Å². The van der Waals surface area contributed by atoms with E-state index < -0.39 is 28.9 Å². The van der Waals surface area contributed by atoms with Crippen molar-refractivity contribution in [2.45, 2.75) is 11.3 Å². The third-order valence-electron chi connectivity index (χ3n) is 1.40. The number of hydrogen-bond acceptors (Lipinski definition) is 2. The summed E-state index contributed by atoms with van der Waals surface area (Å²) in [6.07, 6.45) is -3.01. The van der Waals surface area contributed by atoms with Crippen LogP contribution in [-0.2, 0) is 11.1 Å². The third-order valence-corrected chi connectivity index (χ3v) is 2.03. The Morgan fingerprint density at radius 1 is 1.36 bits per heavy atom. The Balaban J connectivity index is 0.00000169. The first-order chi connectivity index (χ1) is 6.02. The summed E-state index contributed by atoms with van der Waals surface area (Å²) in [4.78, 5) is -0.350. The molecule has 0 amide bonds. The summed E-state index contributed by atoms with van der Waals surface area (Å²) in [5.41, 5.74) is -0.901. The normalized spacial score (nSPS) is 12.4. The number of halogens is 3. The molecule has 0 saturated carbocycles. The predicted molar refractivity (Wildman–Crippen MR) is 38.5 cm³/mol. The fraction of sp³-hybridized carbons (Fsp3) is 0.143. The summed E-state index contributed by atoms with van der Waals surface area (Å²) < 4.78 is 57.3. The monoisotopic (exact) mass is 232 g/mol. The van der Waals surface area contributed by atoms with Crippen molar-refractivity contribution >= 4 is 11.1 Å². The van der Waals surface area contributed by atoms with Crippen LogP contribution in [0.4, 0.5) is 13.2 Å². The van der Waals surface area contributed by atoms with Crippen LogP contribution in [-0.4, -0.2) is 8.76 Å². The molecule has 2 nitrogen and oxygen atoms in total. The second kappa shape index (κ2) is 5.87. The molecule has 7 heteroatoms. The molecule has 72 valence electrons. The molecular formula is C7H4F3NaO2S. The molecule has 0 aliphatic carbocycles. The van der Waals surface area contributed by atoms with Gasteiger partial charge in [-0.15, -0.1) is 0 Å². The van der Waals surface area contributed by atoms with Gasteiger partial charge in [0.05, 0.1) is 5.56 Å². The molecule has 1 aromatic carbocycles. The summed E-state index contributed by atoms with van der Waals surface area (Å²) in [6, 6.07) is 2.24.